The van der Waals surface area contributed by atoms with Gasteiger partial charge in [0, 0.05) is 5.56 Å². The molecule has 4 aromatic rings. The fourth-order valence-electron chi connectivity index (χ4n) is 2.69. The predicted molar refractivity (Wildman–Crippen MR) is 107 cm³/mol. The molecule has 2 heterocycles. The van der Waals surface area contributed by atoms with E-state index in [0.29, 0.717) is 28.5 Å². The summed E-state index contributed by atoms with van der Waals surface area (Å²) in [6.07, 6.45) is 0. The van der Waals surface area contributed by atoms with E-state index < -0.39 is 0 Å². The number of thioether (sulfide) groups is 1. The molecule has 0 bridgehead atoms. The quantitative estimate of drug-likeness (QED) is 0.449. The lowest BCUT2D eigenvalue weighted by Crippen LogP contribution is -2.00. The van der Waals surface area contributed by atoms with Crippen molar-refractivity contribution in [3.63, 3.8) is 0 Å². The van der Waals surface area contributed by atoms with Gasteiger partial charge in [-0.1, -0.05) is 72.7 Å². The lowest BCUT2D eigenvalue weighted by Gasteiger charge is -2.07. The molecule has 2 aromatic carbocycles. The third kappa shape index (κ3) is 3.96. The lowest BCUT2D eigenvalue weighted by atomic mass is 10.0. The zero-order valence-electron chi connectivity index (χ0n) is 15.9. The summed E-state index contributed by atoms with van der Waals surface area (Å²) < 4.78 is 7.09. The molecule has 0 spiro atoms. The zero-order chi connectivity index (χ0) is 19.5. The van der Waals surface area contributed by atoms with Crippen LogP contribution in [0.2, 0.25) is 0 Å². The van der Waals surface area contributed by atoms with Crippen LogP contribution in [0.25, 0.3) is 17.1 Å². The Hall–Kier alpha value is -3.00. The summed E-state index contributed by atoms with van der Waals surface area (Å²) >= 11 is 1.45. The minimum Gasteiger partial charge on any atom is -0.338 e. The third-order valence-corrected chi connectivity index (χ3v) is 5.25. The molecule has 0 saturated carbocycles. The number of rotatable bonds is 6. The lowest BCUT2D eigenvalue weighted by molar-refractivity contribution is 0.391. The highest BCUT2D eigenvalue weighted by atomic mass is 32.2. The fourth-order valence-corrected chi connectivity index (χ4v) is 3.42. The van der Waals surface area contributed by atoms with E-state index in [4.69, 9.17) is 4.52 Å². The number of benzene rings is 2. The Kier molecular flexibility index (Phi) is 5.21. The molecule has 0 aliphatic heterocycles. The smallest absolute Gasteiger partial charge is 0.237 e. The van der Waals surface area contributed by atoms with E-state index in [1.165, 1.54) is 22.9 Å². The largest absolute Gasteiger partial charge is 0.338 e. The normalized spacial score (nSPS) is 11.3. The number of aromatic nitrogens is 6. The van der Waals surface area contributed by atoms with Gasteiger partial charge in [-0.15, -0.1) is 5.10 Å². The SMILES string of the molecule is Cc1ccc(-c2noc(CSc3nnnn3-c3ccc(C(C)C)cc3)n2)cc1. The molecule has 0 unspecified atom stereocenters. The molecule has 0 radical (unpaired) electrons. The van der Waals surface area contributed by atoms with Crippen molar-refractivity contribution >= 4 is 11.8 Å². The second-order valence-corrected chi connectivity index (χ2v) is 7.73. The summed E-state index contributed by atoms with van der Waals surface area (Å²) in [5.41, 5.74) is 4.32. The molecule has 0 aliphatic rings. The summed E-state index contributed by atoms with van der Waals surface area (Å²) in [6, 6.07) is 16.3. The molecule has 8 heteroatoms. The summed E-state index contributed by atoms with van der Waals surface area (Å²) in [6.45, 7) is 6.38. The van der Waals surface area contributed by atoms with Crippen LogP contribution >= 0.6 is 11.8 Å². The van der Waals surface area contributed by atoms with Crippen molar-refractivity contribution < 1.29 is 4.52 Å². The van der Waals surface area contributed by atoms with Gasteiger partial charge >= 0.3 is 0 Å². The average Bonchev–Trinajstić information content (AvgIpc) is 3.36. The number of tetrazole rings is 1. The fraction of sp³-hybridized carbons (Fsp3) is 0.250. The van der Waals surface area contributed by atoms with Crippen LogP contribution in [-0.2, 0) is 5.75 Å². The van der Waals surface area contributed by atoms with Gasteiger partial charge < -0.3 is 4.52 Å². The first kappa shape index (κ1) is 18.4. The second kappa shape index (κ2) is 7.93. The van der Waals surface area contributed by atoms with E-state index >= 15 is 0 Å². The first-order valence-corrected chi connectivity index (χ1v) is 10.00. The minimum atomic E-state index is 0.483. The zero-order valence-corrected chi connectivity index (χ0v) is 16.7. The first-order valence-electron chi connectivity index (χ1n) is 9.01. The number of nitrogens with zero attached hydrogens (tertiary/aromatic N) is 6. The Labute approximate surface area is 167 Å². The van der Waals surface area contributed by atoms with Crippen LogP contribution in [0.1, 0.15) is 36.8 Å². The number of aryl methyl sites for hydroxylation is 1. The maximum Gasteiger partial charge on any atom is 0.237 e. The molecule has 0 saturated heterocycles. The molecule has 28 heavy (non-hydrogen) atoms. The summed E-state index contributed by atoms with van der Waals surface area (Å²) in [5, 5.41) is 16.8. The van der Waals surface area contributed by atoms with Crippen LogP contribution in [0.15, 0.2) is 58.2 Å². The van der Waals surface area contributed by atoms with E-state index in [1.54, 1.807) is 4.68 Å². The van der Waals surface area contributed by atoms with Crippen molar-refractivity contribution in [2.24, 2.45) is 0 Å². The first-order chi connectivity index (χ1) is 13.6. The van der Waals surface area contributed by atoms with Gasteiger partial charge in [0.2, 0.25) is 16.9 Å². The van der Waals surface area contributed by atoms with E-state index in [0.717, 1.165) is 11.3 Å². The molecule has 7 nitrogen and oxygen atoms in total. The van der Waals surface area contributed by atoms with Crippen LogP contribution in [0.4, 0.5) is 0 Å². The van der Waals surface area contributed by atoms with Crippen molar-refractivity contribution in [2.45, 2.75) is 37.6 Å². The van der Waals surface area contributed by atoms with Crippen LogP contribution in [-0.4, -0.2) is 30.3 Å². The molecule has 142 valence electrons. The maximum atomic E-state index is 5.38. The molecule has 0 N–H and O–H groups in total. The van der Waals surface area contributed by atoms with E-state index in [9.17, 15) is 0 Å². The number of hydrogen-bond donors (Lipinski definition) is 0. The predicted octanol–water partition coefficient (Wildman–Crippen LogP) is 4.44. The van der Waals surface area contributed by atoms with Crippen molar-refractivity contribution in [2.75, 3.05) is 0 Å². The third-order valence-electron chi connectivity index (χ3n) is 4.35. The monoisotopic (exact) mass is 392 g/mol. The molecular weight excluding hydrogens is 372 g/mol. The highest BCUT2D eigenvalue weighted by Crippen LogP contribution is 2.24. The molecule has 0 amide bonds. The van der Waals surface area contributed by atoms with Gasteiger partial charge in [0.25, 0.3) is 0 Å². The summed E-state index contributed by atoms with van der Waals surface area (Å²) in [7, 11) is 0. The van der Waals surface area contributed by atoms with Crippen molar-refractivity contribution in [1.29, 1.82) is 0 Å². The summed E-state index contributed by atoms with van der Waals surface area (Å²) in [5.74, 6) is 2.09. The Balaban J connectivity index is 1.46. The van der Waals surface area contributed by atoms with E-state index in [1.807, 2.05) is 43.3 Å². The van der Waals surface area contributed by atoms with E-state index in [-0.39, 0.29) is 0 Å². The topological polar surface area (TPSA) is 82.5 Å². The molecule has 0 atom stereocenters. The molecule has 0 fully saturated rings. The van der Waals surface area contributed by atoms with Gasteiger partial charge in [0.1, 0.15) is 0 Å². The highest BCUT2D eigenvalue weighted by molar-refractivity contribution is 7.98. The standard InChI is InChI=1S/C20H20N6OS/c1-13(2)15-8-10-17(11-9-15)26-20(22-24-25-26)28-12-18-21-19(23-27-18)16-6-4-14(3)5-7-16/h4-11,13H,12H2,1-3H3. The van der Waals surface area contributed by atoms with Crippen molar-refractivity contribution in [3.8, 4) is 17.1 Å². The Bertz CT molecular complexity index is 1050. The number of hydrogen-bond acceptors (Lipinski definition) is 7. The van der Waals surface area contributed by atoms with E-state index in [2.05, 4.69) is 51.6 Å². The van der Waals surface area contributed by atoms with Gasteiger partial charge in [-0.25, -0.2) is 0 Å². The van der Waals surface area contributed by atoms with Crippen LogP contribution in [0.3, 0.4) is 0 Å². The Morgan fingerprint density at radius 1 is 1.04 bits per heavy atom. The molecule has 0 aliphatic carbocycles. The van der Waals surface area contributed by atoms with Crippen molar-refractivity contribution in [3.05, 3.63) is 65.5 Å². The molecule has 2 aromatic heterocycles. The van der Waals surface area contributed by atoms with Crippen LogP contribution < -0.4 is 0 Å². The highest BCUT2D eigenvalue weighted by Gasteiger charge is 2.13. The van der Waals surface area contributed by atoms with Gasteiger partial charge in [-0.3, -0.25) is 0 Å². The van der Waals surface area contributed by atoms with Gasteiger partial charge in [-0.2, -0.15) is 9.67 Å². The summed E-state index contributed by atoms with van der Waals surface area (Å²) in [4.78, 5) is 4.47. The van der Waals surface area contributed by atoms with Crippen LogP contribution in [0, 0.1) is 6.92 Å². The maximum absolute atomic E-state index is 5.38. The van der Waals surface area contributed by atoms with Gasteiger partial charge in [0.15, 0.2) is 0 Å². The molecular formula is C20H20N6OS. The van der Waals surface area contributed by atoms with Crippen LogP contribution in [0.5, 0.6) is 0 Å². The average molecular weight is 392 g/mol. The minimum absolute atomic E-state index is 0.483. The van der Waals surface area contributed by atoms with Crippen molar-refractivity contribution in [1.82, 2.24) is 30.3 Å². The molecule has 4 rings (SSSR count). The van der Waals surface area contributed by atoms with Gasteiger partial charge in [-0.05, 0) is 41.0 Å². The Morgan fingerprint density at radius 3 is 2.50 bits per heavy atom. The second-order valence-electron chi connectivity index (χ2n) is 6.79. The Morgan fingerprint density at radius 2 is 1.79 bits per heavy atom. The van der Waals surface area contributed by atoms with Gasteiger partial charge in [0.05, 0.1) is 11.4 Å².